The molecule has 0 amide bonds. The third-order valence-corrected chi connectivity index (χ3v) is 3.23. The zero-order valence-electron chi connectivity index (χ0n) is 11.1. The van der Waals surface area contributed by atoms with Crippen LogP contribution in [-0.2, 0) is 12.0 Å². The van der Waals surface area contributed by atoms with Gasteiger partial charge in [-0.25, -0.2) is 8.78 Å². The SMILES string of the molecule is Cc1cccc(C(C)(N)Cc2ccc(F)c(F)c2)c1. The second kappa shape index (κ2) is 5.10. The molecular formula is C16H17F2N. The van der Waals surface area contributed by atoms with E-state index in [1.165, 1.54) is 6.07 Å². The molecule has 2 rings (SSSR count). The van der Waals surface area contributed by atoms with E-state index in [0.29, 0.717) is 12.0 Å². The van der Waals surface area contributed by atoms with Gasteiger partial charge in [-0.2, -0.15) is 0 Å². The Morgan fingerprint density at radius 3 is 2.42 bits per heavy atom. The van der Waals surface area contributed by atoms with E-state index in [9.17, 15) is 8.78 Å². The number of halogens is 2. The van der Waals surface area contributed by atoms with Gasteiger partial charge in [0.2, 0.25) is 0 Å². The van der Waals surface area contributed by atoms with Crippen LogP contribution in [0.1, 0.15) is 23.6 Å². The molecule has 1 nitrogen and oxygen atoms in total. The molecular weight excluding hydrogens is 244 g/mol. The summed E-state index contributed by atoms with van der Waals surface area (Å²) < 4.78 is 26.1. The van der Waals surface area contributed by atoms with Gasteiger partial charge in [-0.15, -0.1) is 0 Å². The molecule has 1 unspecified atom stereocenters. The van der Waals surface area contributed by atoms with Gasteiger partial charge in [-0.05, 0) is 43.5 Å². The number of hydrogen-bond acceptors (Lipinski definition) is 1. The summed E-state index contributed by atoms with van der Waals surface area (Å²) >= 11 is 0. The molecule has 0 fully saturated rings. The second-order valence-corrected chi connectivity index (χ2v) is 5.21. The van der Waals surface area contributed by atoms with Crippen molar-refractivity contribution < 1.29 is 8.78 Å². The first kappa shape index (κ1) is 13.7. The van der Waals surface area contributed by atoms with Gasteiger partial charge in [0.1, 0.15) is 0 Å². The fraction of sp³-hybridized carbons (Fsp3) is 0.250. The Morgan fingerprint density at radius 1 is 1.05 bits per heavy atom. The van der Waals surface area contributed by atoms with Crippen molar-refractivity contribution in [3.63, 3.8) is 0 Å². The minimum Gasteiger partial charge on any atom is -0.321 e. The van der Waals surface area contributed by atoms with Crippen molar-refractivity contribution in [3.05, 3.63) is 70.8 Å². The average molecular weight is 261 g/mol. The van der Waals surface area contributed by atoms with E-state index >= 15 is 0 Å². The number of rotatable bonds is 3. The Labute approximate surface area is 112 Å². The van der Waals surface area contributed by atoms with Gasteiger partial charge in [0, 0.05) is 5.54 Å². The highest BCUT2D eigenvalue weighted by Gasteiger charge is 2.22. The summed E-state index contributed by atoms with van der Waals surface area (Å²) in [5.74, 6) is -1.67. The molecule has 0 aliphatic rings. The first-order valence-corrected chi connectivity index (χ1v) is 6.18. The van der Waals surface area contributed by atoms with Crippen LogP contribution in [0.15, 0.2) is 42.5 Å². The van der Waals surface area contributed by atoms with Crippen LogP contribution in [0.2, 0.25) is 0 Å². The highest BCUT2D eigenvalue weighted by Crippen LogP contribution is 2.24. The predicted molar refractivity (Wildman–Crippen MR) is 72.8 cm³/mol. The molecule has 3 heteroatoms. The molecule has 0 radical (unpaired) electrons. The highest BCUT2D eigenvalue weighted by atomic mass is 19.2. The van der Waals surface area contributed by atoms with Gasteiger partial charge in [-0.3, -0.25) is 0 Å². The summed E-state index contributed by atoms with van der Waals surface area (Å²) in [6.45, 7) is 3.89. The average Bonchev–Trinajstić information content (AvgIpc) is 2.33. The maximum atomic E-state index is 13.2. The molecule has 19 heavy (non-hydrogen) atoms. The maximum absolute atomic E-state index is 13.2. The van der Waals surface area contributed by atoms with Crippen molar-refractivity contribution in [2.45, 2.75) is 25.8 Å². The predicted octanol–water partition coefficient (Wildman–Crippen LogP) is 3.69. The molecule has 2 aromatic carbocycles. The van der Waals surface area contributed by atoms with E-state index < -0.39 is 17.2 Å². The van der Waals surface area contributed by atoms with Gasteiger partial charge in [0.15, 0.2) is 11.6 Å². The number of nitrogens with two attached hydrogens (primary N) is 1. The molecule has 2 N–H and O–H groups in total. The summed E-state index contributed by atoms with van der Waals surface area (Å²) in [5.41, 5.74) is 8.49. The third-order valence-electron chi connectivity index (χ3n) is 3.23. The van der Waals surface area contributed by atoms with Gasteiger partial charge in [-0.1, -0.05) is 35.9 Å². The van der Waals surface area contributed by atoms with Crippen molar-refractivity contribution in [2.75, 3.05) is 0 Å². The number of aryl methyl sites for hydroxylation is 1. The van der Waals surface area contributed by atoms with Crippen LogP contribution in [0.3, 0.4) is 0 Å². The van der Waals surface area contributed by atoms with E-state index in [1.807, 2.05) is 38.1 Å². The lowest BCUT2D eigenvalue weighted by Gasteiger charge is -2.26. The topological polar surface area (TPSA) is 26.0 Å². The molecule has 0 aromatic heterocycles. The van der Waals surface area contributed by atoms with Gasteiger partial charge >= 0.3 is 0 Å². The monoisotopic (exact) mass is 261 g/mol. The van der Waals surface area contributed by atoms with Crippen LogP contribution < -0.4 is 5.73 Å². The smallest absolute Gasteiger partial charge is 0.159 e. The maximum Gasteiger partial charge on any atom is 0.159 e. The standard InChI is InChI=1S/C16H17F2N/c1-11-4-3-5-13(8-11)16(2,19)10-12-6-7-14(17)15(18)9-12/h3-9H,10,19H2,1-2H3. The quantitative estimate of drug-likeness (QED) is 0.896. The first-order chi connectivity index (χ1) is 8.88. The van der Waals surface area contributed by atoms with Crippen molar-refractivity contribution in [3.8, 4) is 0 Å². The van der Waals surface area contributed by atoms with Crippen LogP contribution in [0.4, 0.5) is 8.78 Å². The Hall–Kier alpha value is -1.74. The van der Waals surface area contributed by atoms with Crippen molar-refractivity contribution >= 4 is 0 Å². The van der Waals surface area contributed by atoms with Crippen LogP contribution in [0, 0.1) is 18.6 Å². The van der Waals surface area contributed by atoms with Crippen LogP contribution in [-0.4, -0.2) is 0 Å². The van der Waals surface area contributed by atoms with Crippen LogP contribution in [0.5, 0.6) is 0 Å². The highest BCUT2D eigenvalue weighted by molar-refractivity contribution is 5.31. The molecule has 0 bridgehead atoms. The summed E-state index contributed by atoms with van der Waals surface area (Å²) in [7, 11) is 0. The summed E-state index contributed by atoms with van der Waals surface area (Å²) in [6, 6.07) is 11.8. The Balaban J connectivity index is 2.27. The van der Waals surface area contributed by atoms with E-state index in [0.717, 1.165) is 17.2 Å². The molecule has 0 saturated heterocycles. The molecule has 100 valence electrons. The van der Waals surface area contributed by atoms with Crippen LogP contribution >= 0.6 is 0 Å². The third kappa shape index (κ3) is 3.18. The summed E-state index contributed by atoms with van der Waals surface area (Å²) in [4.78, 5) is 0. The lowest BCUT2D eigenvalue weighted by molar-refractivity contribution is 0.480. The second-order valence-electron chi connectivity index (χ2n) is 5.21. The molecule has 0 spiro atoms. The summed E-state index contributed by atoms with van der Waals surface area (Å²) in [5, 5.41) is 0. The van der Waals surface area contributed by atoms with Crippen molar-refractivity contribution in [1.29, 1.82) is 0 Å². The normalized spacial score (nSPS) is 14.2. The van der Waals surface area contributed by atoms with Gasteiger partial charge in [0.05, 0.1) is 0 Å². The van der Waals surface area contributed by atoms with E-state index in [1.54, 1.807) is 6.07 Å². The van der Waals surface area contributed by atoms with Gasteiger partial charge < -0.3 is 5.73 Å². The number of benzene rings is 2. The molecule has 1 atom stereocenters. The zero-order chi connectivity index (χ0) is 14.0. The van der Waals surface area contributed by atoms with E-state index in [2.05, 4.69) is 0 Å². The van der Waals surface area contributed by atoms with Crippen LogP contribution in [0.25, 0.3) is 0 Å². The summed E-state index contributed by atoms with van der Waals surface area (Å²) in [6.07, 6.45) is 0.452. The van der Waals surface area contributed by atoms with E-state index in [-0.39, 0.29) is 0 Å². The lowest BCUT2D eigenvalue weighted by Crippen LogP contribution is -2.35. The molecule has 0 aliphatic heterocycles. The Bertz CT molecular complexity index is 591. The first-order valence-electron chi connectivity index (χ1n) is 6.18. The minimum atomic E-state index is -0.836. The van der Waals surface area contributed by atoms with Crippen molar-refractivity contribution in [2.24, 2.45) is 5.73 Å². The van der Waals surface area contributed by atoms with E-state index in [4.69, 9.17) is 5.73 Å². The Morgan fingerprint density at radius 2 is 1.79 bits per heavy atom. The fourth-order valence-electron chi connectivity index (χ4n) is 2.18. The zero-order valence-corrected chi connectivity index (χ0v) is 11.1. The number of hydrogen-bond donors (Lipinski definition) is 1. The molecule has 0 saturated carbocycles. The largest absolute Gasteiger partial charge is 0.321 e. The lowest BCUT2D eigenvalue weighted by atomic mass is 9.86. The molecule has 0 aliphatic carbocycles. The minimum absolute atomic E-state index is 0.452. The molecule has 0 heterocycles. The molecule has 2 aromatic rings. The fourth-order valence-corrected chi connectivity index (χ4v) is 2.18. The Kier molecular flexibility index (Phi) is 3.67. The van der Waals surface area contributed by atoms with Gasteiger partial charge in [0.25, 0.3) is 0 Å². The van der Waals surface area contributed by atoms with Crippen molar-refractivity contribution in [1.82, 2.24) is 0 Å².